The molecule has 0 bridgehead atoms. The normalized spacial score (nSPS) is 18.4. The lowest BCUT2D eigenvalue weighted by Crippen LogP contribution is -2.48. The van der Waals surface area contributed by atoms with Gasteiger partial charge in [0, 0.05) is 34.0 Å². The van der Waals surface area contributed by atoms with Crippen LogP contribution in [-0.2, 0) is 11.3 Å². The number of benzene rings is 2. The third-order valence-corrected chi connectivity index (χ3v) is 7.32. The Kier molecular flexibility index (Phi) is 6.14. The molecule has 4 nitrogen and oxygen atoms in total. The summed E-state index contributed by atoms with van der Waals surface area (Å²) in [5, 5.41) is 3.63. The van der Waals surface area contributed by atoms with Crippen LogP contribution in [0.25, 0.3) is 6.08 Å². The minimum Gasteiger partial charge on any atom is -0.488 e. The molecule has 2 aromatic rings. The molecule has 2 aliphatic rings. The molecular weight excluding hydrogens is 416 g/mol. The van der Waals surface area contributed by atoms with Gasteiger partial charge in [0.1, 0.15) is 18.9 Å². The molecule has 0 aliphatic carbocycles. The fourth-order valence-electron chi connectivity index (χ4n) is 4.15. The molecule has 1 atom stereocenters. The topological polar surface area (TPSA) is 38.3 Å². The molecule has 0 spiro atoms. The first-order valence-electron chi connectivity index (χ1n) is 10.3. The summed E-state index contributed by atoms with van der Waals surface area (Å²) in [7, 11) is 4.63. The molecule has 2 aromatic carbocycles. The molecule has 1 unspecified atom stereocenters. The molecule has 1 saturated heterocycles. The molecule has 2 heterocycles. The van der Waals surface area contributed by atoms with Gasteiger partial charge in [0.15, 0.2) is 0 Å². The highest BCUT2D eigenvalue weighted by Gasteiger charge is 2.31. The second-order valence-corrected chi connectivity index (χ2v) is 10.3. The van der Waals surface area contributed by atoms with E-state index in [0.717, 1.165) is 33.6 Å². The number of quaternary nitrogens is 1. The Labute approximate surface area is 187 Å². The molecule has 30 heavy (non-hydrogen) atoms. The van der Waals surface area contributed by atoms with Gasteiger partial charge in [0.25, 0.3) is 5.91 Å². The Morgan fingerprint density at radius 2 is 2.03 bits per heavy atom. The molecule has 0 radical (unpaired) electrons. The van der Waals surface area contributed by atoms with E-state index < -0.39 is 0 Å². The summed E-state index contributed by atoms with van der Waals surface area (Å²) in [6.45, 7) is 3.20. The van der Waals surface area contributed by atoms with Crippen LogP contribution >= 0.6 is 23.4 Å². The minimum absolute atomic E-state index is 0.148. The highest BCUT2D eigenvalue weighted by molar-refractivity contribution is 7.99. The van der Waals surface area contributed by atoms with E-state index in [1.807, 2.05) is 37.3 Å². The Balaban J connectivity index is 1.42. The quantitative estimate of drug-likeness (QED) is 0.650. The van der Waals surface area contributed by atoms with Gasteiger partial charge in [-0.2, -0.15) is 11.8 Å². The summed E-state index contributed by atoms with van der Waals surface area (Å²) in [5.74, 6) is 3.16. The van der Waals surface area contributed by atoms with E-state index in [-0.39, 0.29) is 12.5 Å². The number of carbonyl (C=O) groups excluding carboxylic acids is 1. The summed E-state index contributed by atoms with van der Waals surface area (Å²) in [5.41, 5.74) is 4.48. The second-order valence-electron chi connectivity index (χ2n) is 8.70. The van der Waals surface area contributed by atoms with Gasteiger partial charge in [0.2, 0.25) is 0 Å². The van der Waals surface area contributed by atoms with Gasteiger partial charge >= 0.3 is 0 Å². The number of carbonyl (C=O) groups is 1. The monoisotopic (exact) mass is 443 g/mol. The van der Waals surface area contributed by atoms with Crippen molar-refractivity contribution in [3.05, 3.63) is 63.7 Å². The van der Waals surface area contributed by atoms with Gasteiger partial charge in [-0.3, -0.25) is 4.79 Å². The van der Waals surface area contributed by atoms with E-state index in [2.05, 4.69) is 43.3 Å². The maximum absolute atomic E-state index is 12.7. The van der Waals surface area contributed by atoms with E-state index in [4.69, 9.17) is 16.3 Å². The number of hydrogen-bond acceptors (Lipinski definition) is 3. The number of halogens is 1. The summed E-state index contributed by atoms with van der Waals surface area (Å²) < 4.78 is 6.82. The van der Waals surface area contributed by atoms with Gasteiger partial charge in [-0.15, -0.1) is 0 Å². The SMILES string of the molecule is Cc1cc(Cl)cc2c1OCC(C(=O)Nc1ccc(C[N+](C)(C)C3CCSC3)cc1)=C2. The van der Waals surface area contributed by atoms with Crippen molar-refractivity contribution in [2.45, 2.75) is 25.9 Å². The molecule has 4 rings (SSSR count). The second kappa shape index (κ2) is 8.66. The lowest BCUT2D eigenvalue weighted by atomic mass is 10.0. The van der Waals surface area contributed by atoms with Crippen LogP contribution in [0.1, 0.15) is 23.1 Å². The summed E-state index contributed by atoms with van der Waals surface area (Å²) in [6.07, 6.45) is 3.15. The van der Waals surface area contributed by atoms with Crippen LogP contribution in [0.2, 0.25) is 5.02 Å². The predicted octanol–water partition coefficient (Wildman–Crippen LogP) is 5.14. The number of ether oxygens (including phenoxy) is 1. The number of hydrogen-bond donors (Lipinski definition) is 1. The van der Waals surface area contributed by atoms with Crippen molar-refractivity contribution in [1.29, 1.82) is 0 Å². The van der Waals surface area contributed by atoms with Crippen LogP contribution in [0.15, 0.2) is 42.0 Å². The van der Waals surface area contributed by atoms with Crippen LogP contribution in [0, 0.1) is 6.92 Å². The molecule has 1 amide bonds. The first-order chi connectivity index (χ1) is 14.3. The third kappa shape index (κ3) is 4.69. The number of nitrogens with one attached hydrogen (secondary N) is 1. The van der Waals surface area contributed by atoms with Gasteiger partial charge < -0.3 is 14.5 Å². The van der Waals surface area contributed by atoms with Gasteiger partial charge in [-0.05, 0) is 48.6 Å². The molecule has 0 aromatic heterocycles. The molecule has 1 N–H and O–H groups in total. The summed E-state index contributed by atoms with van der Waals surface area (Å²) >= 11 is 8.21. The van der Waals surface area contributed by atoms with Crippen LogP contribution in [0.5, 0.6) is 5.75 Å². The van der Waals surface area contributed by atoms with Crippen LogP contribution in [0.4, 0.5) is 5.69 Å². The molecule has 6 heteroatoms. The molecule has 1 fully saturated rings. The lowest BCUT2D eigenvalue weighted by molar-refractivity contribution is -0.924. The number of rotatable bonds is 5. The van der Waals surface area contributed by atoms with Crippen LogP contribution < -0.4 is 10.1 Å². The number of aryl methyl sites for hydroxylation is 1. The Morgan fingerprint density at radius 1 is 1.27 bits per heavy atom. The zero-order valence-corrected chi connectivity index (χ0v) is 19.3. The van der Waals surface area contributed by atoms with Crippen LogP contribution in [0.3, 0.4) is 0 Å². The fraction of sp³-hybridized carbons (Fsp3) is 0.375. The summed E-state index contributed by atoms with van der Waals surface area (Å²) in [4.78, 5) is 12.7. The fourth-order valence-corrected chi connectivity index (χ4v) is 5.88. The van der Waals surface area contributed by atoms with Crippen LogP contribution in [-0.4, -0.2) is 48.6 Å². The van der Waals surface area contributed by atoms with E-state index in [0.29, 0.717) is 16.6 Å². The van der Waals surface area contributed by atoms with Crippen molar-refractivity contribution in [3.8, 4) is 5.75 Å². The maximum Gasteiger partial charge on any atom is 0.255 e. The Bertz CT molecular complexity index is 979. The first kappa shape index (κ1) is 21.3. The minimum atomic E-state index is -0.148. The number of amides is 1. The largest absolute Gasteiger partial charge is 0.488 e. The zero-order chi connectivity index (χ0) is 21.3. The molecule has 158 valence electrons. The van der Waals surface area contributed by atoms with E-state index in [1.54, 1.807) is 0 Å². The van der Waals surface area contributed by atoms with Gasteiger partial charge in [-0.25, -0.2) is 0 Å². The first-order valence-corrected chi connectivity index (χ1v) is 11.8. The van der Waals surface area contributed by atoms with Crippen molar-refractivity contribution in [2.24, 2.45) is 0 Å². The predicted molar refractivity (Wildman–Crippen MR) is 126 cm³/mol. The number of thioether (sulfide) groups is 1. The van der Waals surface area contributed by atoms with Gasteiger partial charge in [-0.1, -0.05) is 23.7 Å². The van der Waals surface area contributed by atoms with Crippen molar-refractivity contribution >= 4 is 41.0 Å². The smallest absolute Gasteiger partial charge is 0.255 e. The van der Waals surface area contributed by atoms with Crippen molar-refractivity contribution < 1.29 is 14.0 Å². The average Bonchev–Trinajstić information content (AvgIpc) is 3.24. The molecular formula is C24H28ClN2O2S+. The van der Waals surface area contributed by atoms with E-state index >= 15 is 0 Å². The average molecular weight is 444 g/mol. The zero-order valence-electron chi connectivity index (χ0n) is 17.7. The standard InChI is InChI=1S/C24H27ClN2O2S/c1-16-10-20(25)12-18-11-19(14-29-23(16)18)24(28)26-21-6-4-17(5-7-21)13-27(2,3)22-8-9-30-15-22/h4-7,10-12,22H,8-9,13-15H2,1-3H3/p+1. The number of anilines is 1. The van der Waals surface area contributed by atoms with Gasteiger partial charge in [0.05, 0.1) is 25.7 Å². The van der Waals surface area contributed by atoms with Crippen molar-refractivity contribution in [3.63, 3.8) is 0 Å². The number of fused-ring (bicyclic) bond motifs is 1. The van der Waals surface area contributed by atoms with Crippen molar-refractivity contribution in [1.82, 2.24) is 0 Å². The van der Waals surface area contributed by atoms with E-state index in [1.165, 1.54) is 23.5 Å². The lowest BCUT2D eigenvalue weighted by Gasteiger charge is -2.35. The van der Waals surface area contributed by atoms with E-state index in [9.17, 15) is 4.79 Å². The molecule has 2 aliphatic heterocycles. The van der Waals surface area contributed by atoms with Crippen molar-refractivity contribution in [2.75, 3.05) is 37.5 Å². The summed E-state index contributed by atoms with van der Waals surface area (Å²) in [6, 6.07) is 12.6. The molecule has 0 saturated carbocycles. The third-order valence-electron chi connectivity index (χ3n) is 5.96. The Morgan fingerprint density at radius 3 is 2.73 bits per heavy atom. The number of nitrogens with zero attached hydrogens (tertiary/aromatic N) is 1. The Hall–Kier alpha value is -1.95. The maximum atomic E-state index is 12.7. The highest BCUT2D eigenvalue weighted by Crippen LogP contribution is 2.33. The highest BCUT2D eigenvalue weighted by atomic mass is 35.5.